The predicted molar refractivity (Wildman–Crippen MR) is 45.2 cm³/mol. The van der Waals surface area contributed by atoms with Gasteiger partial charge < -0.3 is 10.7 Å². The number of hydrogen-bond donors (Lipinski definition) is 2. The van der Waals surface area contributed by atoms with E-state index in [1.807, 2.05) is 20.0 Å². The van der Waals surface area contributed by atoms with E-state index in [0.717, 1.165) is 18.5 Å². The lowest BCUT2D eigenvalue weighted by Crippen LogP contribution is -2.32. The van der Waals surface area contributed by atoms with E-state index in [4.69, 9.17) is 5.73 Å². The summed E-state index contributed by atoms with van der Waals surface area (Å²) in [4.78, 5) is 6.97. The first-order valence-electron chi connectivity index (χ1n) is 3.84. The van der Waals surface area contributed by atoms with E-state index in [2.05, 4.69) is 9.97 Å². The Kier molecular flexibility index (Phi) is 2.29. The van der Waals surface area contributed by atoms with Gasteiger partial charge in [-0.1, -0.05) is 0 Å². The van der Waals surface area contributed by atoms with Crippen molar-refractivity contribution >= 4 is 0 Å². The number of aryl methyl sites for hydroxylation is 1. The average Bonchev–Trinajstić information content (AvgIpc) is 2.32. The van der Waals surface area contributed by atoms with Crippen LogP contribution < -0.4 is 5.73 Å². The molecule has 0 spiro atoms. The van der Waals surface area contributed by atoms with Crippen LogP contribution in [0.25, 0.3) is 0 Å². The molecule has 0 amide bonds. The molecule has 0 radical (unpaired) electrons. The highest BCUT2D eigenvalue weighted by atomic mass is 14.9. The van der Waals surface area contributed by atoms with Crippen molar-refractivity contribution in [2.45, 2.75) is 32.2 Å². The first-order chi connectivity index (χ1) is 5.08. The highest BCUT2D eigenvalue weighted by Gasteiger charge is 2.10. The Morgan fingerprint density at radius 2 is 2.36 bits per heavy atom. The third-order valence-electron chi connectivity index (χ3n) is 1.59. The number of rotatable bonds is 3. The van der Waals surface area contributed by atoms with Gasteiger partial charge in [0.15, 0.2) is 0 Å². The molecule has 0 atom stereocenters. The molecule has 0 aliphatic heterocycles. The molecule has 3 heteroatoms. The van der Waals surface area contributed by atoms with Crippen molar-refractivity contribution in [1.29, 1.82) is 0 Å². The second kappa shape index (κ2) is 3.05. The van der Waals surface area contributed by atoms with Gasteiger partial charge in [0.1, 0.15) is 0 Å². The second-order valence-corrected chi connectivity index (χ2v) is 3.57. The SMILES string of the molecule is CC(C)(N)CCc1cnc[nH]1. The molecular weight excluding hydrogens is 138 g/mol. The van der Waals surface area contributed by atoms with Gasteiger partial charge in [0, 0.05) is 17.4 Å². The van der Waals surface area contributed by atoms with Gasteiger partial charge in [-0.05, 0) is 26.7 Å². The van der Waals surface area contributed by atoms with Crippen molar-refractivity contribution in [3.05, 3.63) is 18.2 Å². The van der Waals surface area contributed by atoms with Crippen LogP contribution in [0.4, 0.5) is 0 Å². The van der Waals surface area contributed by atoms with Crippen LogP contribution in [0.5, 0.6) is 0 Å². The highest BCUT2D eigenvalue weighted by Crippen LogP contribution is 2.07. The van der Waals surface area contributed by atoms with E-state index >= 15 is 0 Å². The van der Waals surface area contributed by atoms with Gasteiger partial charge >= 0.3 is 0 Å². The van der Waals surface area contributed by atoms with Crippen LogP contribution in [-0.4, -0.2) is 15.5 Å². The minimum atomic E-state index is -0.0783. The molecule has 3 nitrogen and oxygen atoms in total. The van der Waals surface area contributed by atoms with Crippen LogP contribution in [-0.2, 0) is 6.42 Å². The fourth-order valence-electron chi connectivity index (χ4n) is 0.878. The zero-order valence-electron chi connectivity index (χ0n) is 7.09. The van der Waals surface area contributed by atoms with Gasteiger partial charge in [0.2, 0.25) is 0 Å². The monoisotopic (exact) mass is 153 g/mol. The molecule has 3 N–H and O–H groups in total. The molecule has 0 fully saturated rings. The summed E-state index contributed by atoms with van der Waals surface area (Å²) in [6.45, 7) is 4.06. The maximum Gasteiger partial charge on any atom is 0.0921 e. The Balaban J connectivity index is 2.35. The molecule has 0 aliphatic rings. The zero-order chi connectivity index (χ0) is 8.32. The summed E-state index contributed by atoms with van der Waals surface area (Å²) in [6.07, 6.45) is 5.49. The third-order valence-corrected chi connectivity index (χ3v) is 1.59. The third kappa shape index (κ3) is 3.18. The van der Waals surface area contributed by atoms with E-state index in [1.54, 1.807) is 6.33 Å². The summed E-state index contributed by atoms with van der Waals surface area (Å²) < 4.78 is 0. The lowest BCUT2D eigenvalue weighted by Gasteiger charge is -2.16. The number of imidazole rings is 1. The topological polar surface area (TPSA) is 54.7 Å². The van der Waals surface area contributed by atoms with Crippen LogP contribution >= 0.6 is 0 Å². The lowest BCUT2D eigenvalue weighted by molar-refractivity contribution is 0.474. The highest BCUT2D eigenvalue weighted by molar-refractivity contribution is 4.95. The summed E-state index contributed by atoms with van der Waals surface area (Å²) in [5.74, 6) is 0. The van der Waals surface area contributed by atoms with Gasteiger partial charge in [-0.2, -0.15) is 0 Å². The molecule has 11 heavy (non-hydrogen) atoms. The van der Waals surface area contributed by atoms with Gasteiger partial charge in [-0.3, -0.25) is 0 Å². The molecule has 0 unspecified atom stereocenters. The van der Waals surface area contributed by atoms with Gasteiger partial charge in [0.25, 0.3) is 0 Å². The summed E-state index contributed by atoms with van der Waals surface area (Å²) in [5, 5.41) is 0. The number of hydrogen-bond acceptors (Lipinski definition) is 2. The van der Waals surface area contributed by atoms with Crippen molar-refractivity contribution in [2.75, 3.05) is 0 Å². The molecule has 1 aromatic rings. The van der Waals surface area contributed by atoms with Crippen LogP contribution in [0.1, 0.15) is 26.0 Å². The lowest BCUT2D eigenvalue weighted by atomic mass is 9.99. The first-order valence-corrected chi connectivity index (χ1v) is 3.84. The second-order valence-electron chi connectivity index (χ2n) is 3.57. The first kappa shape index (κ1) is 8.27. The maximum absolute atomic E-state index is 5.82. The van der Waals surface area contributed by atoms with Crippen molar-refractivity contribution in [3.63, 3.8) is 0 Å². The van der Waals surface area contributed by atoms with Crippen LogP contribution in [0.2, 0.25) is 0 Å². The Morgan fingerprint density at radius 3 is 2.82 bits per heavy atom. The van der Waals surface area contributed by atoms with Crippen LogP contribution in [0.15, 0.2) is 12.5 Å². The largest absolute Gasteiger partial charge is 0.348 e. The molecular formula is C8H15N3. The zero-order valence-corrected chi connectivity index (χ0v) is 7.09. The van der Waals surface area contributed by atoms with Crippen LogP contribution in [0.3, 0.4) is 0 Å². The summed E-state index contributed by atoms with van der Waals surface area (Å²) in [6, 6.07) is 0. The van der Waals surface area contributed by atoms with E-state index < -0.39 is 0 Å². The van der Waals surface area contributed by atoms with E-state index in [9.17, 15) is 0 Å². The molecule has 1 aromatic heterocycles. The Labute approximate surface area is 67.0 Å². The van der Waals surface area contributed by atoms with Crippen molar-refractivity contribution in [2.24, 2.45) is 5.73 Å². The van der Waals surface area contributed by atoms with Gasteiger partial charge in [-0.25, -0.2) is 4.98 Å². The number of aromatic amines is 1. The van der Waals surface area contributed by atoms with Crippen molar-refractivity contribution in [3.8, 4) is 0 Å². The molecule has 0 saturated heterocycles. The number of aromatic nitrogens is 2. The molecule has 62 valence electrons. The maximum atomic E-state index is 5.82. The molecule has 0 bridgehead atoms. The minimum absolute atomic E-state index is 0.0783. The van der Waals surface area contributed by atoms with Crippen molar-refractivity contribution in [1.82, 2.24) is 9.97 Å². The Bertz CT molecular complexity index is 196. The summed E-state index contributed by atoms with van der Waals surface area (Å²) in [5.41, 5.74) is 6.90. The Hall–Kier alpha value is -0.830. The molecule has 0 saturated carbocycles. The predicted octanol–water partition coefficient (Wildman–Crippen LogP) is 1.08. The number of nitrogens with zero attached hydrogens (tertiary/aromatic N) is 1. The summed E-state index contributed by atoms with van der Waals surface area (Å²) in [7, 11) is 0. The Morgan fingerprint density at radius 1 is 1.64 bits per heavy atom. The summed E-state index contributed by atoms with van der Waals surface area (Å²) >= 11 is 0. The van der Waals surface area contributed by atoms with E-state index in [-0.39, 0.29) is 5.54 Å². The molecule has 0 aromatic carbocycles. The standard InChI is InChI=1S/C8H15N3/c1-8(2,9)4-3-7-5-10-6-11-7/h5-6H,3-4,9H2,1-2H3,(H,10,11). The smallest absolute Gasteiger partial charge is 0.0921 e. The van der Waals surface area contributed by atoms with Gasteiger partial charge in [0.05, 0.1) is 6.33 Å². The average molecular weight is 153 g/mol. The fourth-order valence-corrected chi connectivity index (χ4v) is 0.878. The van der Waals surface area contributed by atoms with E-state index in [0.29, 0.717) is 0 Å². The number of nitrogens with one attached hydrogen (secondary N) is 1. The normalized spacial score (nSPS) is 11.9. The van der Waals surface area contributed by atoms with Gasteiger partial charge in [-0.15, -0.1) is 0 Å². The number of nitrogens with two attached hydrogens (primary N) is 1. The molecule has 0 aliphatic carbocycles. The fraction of sp³-hybridized carbons (Fsp3) is 0.625. The molecule has 1 heterocycles. The quantitative estimate of drug-likeness (QED) is 0.682. The van der Waals surface area contributed by atoms with Crippen LogP contribution in [0, 0.1) is 0 Å². The van der Waals surface area contributed by atoms with Crippen molar-refractivity contribution < 1.29 is 0 Å². The van der Waals surface area contributed by atoms with E-state index in [1.165, 1.54) is 0 Å². The number of H-pyrrole nitrogens is 1. The minimum Gasteiger partial charge on any atom is -0.348 e. The molecule has 1 rings (SSSR count).